The Balaban J connectivity index is 1.32. The fourth-order valence-electron chi connectivity index (χ4n) is 4.39. The Morgan fingerprint density at radius 3 is 2.39 bits per heavy atom. The van der Waals surface area contributed by atoms with E-state index in [4.69, 9.17) is 9.47 Å². The van der Waals surface area contributed by atoms with Crippen LogP contribution in [0.3, 0.4) is 0 Å². The van der Waals surface area contributed by atoms with E-state index in [9.17, 15) is 4.39 Å². The third kappa shape index (κ3) is 5.49. The summed E-state index contributed by atoms with van der Waals surface area (Å²) < 4.78 is 25.0. The Hall–Kier alpha value is -3.91. The molecule has 1 aliphatic heterocycles. The lowest BCUT2D eigenvalue weighted by atomic mass is 10.2. The van der Waals surface area contributed by atoms with Gasteiger partial charge in [-0.05, 0) is 67.8 Å². The molecule has 4 aromatic rings. The van der Waals surface area contributed by atoms with Crippen LogP contribution in [-0.2, 0) is 6.54 Å². The van der Waals surface area contributed by atoms with Crippen LogP contribution >= 0.6 is 0 Å². The Morgan fingerprint density at radius 2 is 1.67 bits per heavy atom. The van der Waals surface area contributed by atoms with E-state index in [1.165, 1.54) is 31.3 Å². The molecular weight excluding hydrogens is 457 g/mol. The number of ether oxygens (including phenoxy) is 2. The smallest absolute Gasteiger partial charge is 0.164 e. The minimum Gasteiger partial charge on any atom is -0.493 e. The van der Waals surface area contributed by atoms with Gasteiger partial charge in [-0.25, -0.2) is 14.4 Å². The molecule has 1 aliphatic rings. The molecule has 0 aliphatic carbocycles. The van der Waals surface area contributed by atoms with E-state index >= 15 is 0 Å². The van der Waals surface area contributed by atoms with E-state index in [-0.39, 0.29) is 12.0 Å². The lowest BCUT2D eigenvalue weighted by Crippen LogP contribution is -2.34. The molecule has 2 heterocycles. The molecule has 1 atom stereocenters. The van der Waals surface area contributed by atoms with Gasteiger partial charge < -0.3 is 20.1 Å². The third-order valence-corrected chi connectivity index (χ3v) is 6.43. The Labute approximate surface area is 210 Å². The van der Waals surface area contributed by atoms with E-state index in [0.717, 1.165) is 40.9 Å². The molecule has 0 saturated carbocycles. The summed E-state index contributed by atoms with van der Waals surface area (Å²) in [5, 5.41) is 7.60. The summed E-state index contributed by atoms with van der Waals surface area (Å²) in [5.41, 5.74) is 3.64. The van der Waals surface area contributed by atoms with Crippen LogP contribution in [0.1, 0.15) is 25.3 Å². The van der Waals surface area contributed by atoms with Gasteiger partial charge in [0.1, 0.15) is 24.2 Å². The summed E-state index contributed by atoms with van der Waals surface area (Å²) >= 11 is 0. The molecule has 5 rings (SSSR count). The molecule has 0 radical (unpaired) electrons. The molecule has 2 N–H and O–H groups in total. The maximum atomic E-state index is 13.1. The number of rotatable bonds is 9. The lowest BCUT2D eigenvalue weighted by Gasteiger charge is -2.25. The summed E-state index contributed by atoms with van der Waals surface area (Å²) in [6, 6.07) is 18.3. The second-order valence-corrected chi connectivity index (χ2v) is 8.89. The van der Waals surface area contributed by atoms with Gasteiger partial charge in [0.2, 0.25) is 0 Å². The molecule has 1 unspecified atom stereocenters. The Bertz CT molecular complexity index is 1310. The van der Waals surface area contributed by atoms with E-state index in [0.29, 0.717) is 23.9 Å². The van der Waals surface area contributed by atoms with Crippen molar-refractivity contribution in [2.24, 2.45) is 0 Å². The van der Waals surface area contributed by atoms with Gasteiger partial charge in [0.05, 0.1) is 12.6 Å². The number of hydrogen-bond donors (Lipinski definition) is 2. The van der Waals surface area contributed by atoms with Gasteiger partial charge in [0.25, 0.3) is 0 Å². The summed E-state index contributed by atoms with van der Waals surface area (Å²) in [7, 11) is 1.64. The summed E-state index contributed by atoms with van der Waals surface area (Å²) in [4.78, 5) is 11.2. The van der Waals surface area contributed by atoms with Crippen molar-refractivity contribution in [3.05, 3.63) is 78.4 Å². The van der Waals surface area contributed by atoms with Crippen LogP contribution in [0.5, 0.6) is 11.5 Å². The summed E-state index contributed by atoms with van der Waals surface area (Å²) in [5.74, 6) is 1.77. The predicted molar refractivity (Wildman–Crippen MR) is 140 cm³/mol. The van der Waals surface area contributed by atoms with Crippen molar-refractivity contribution in [2.45, 2.75) is 32.5 Å². The average Bonchev–Trinajstić information content (AvgIpc) is 3.45. The van der Waals surface area contributed by atoms with Crippen LogP contribution < -0.4 is 20.1 Å². The maximum absolute atomic E-state index is 13.1. The third-order valence-electron chi connectivity index (χ3n) is 6.43. The maximum Gasteiger partial charge on any atom is 0.164 e. The van der Waals surface area contributed by atoms with Crippen LogP contribution in [0, 0.1) is 5.82 Å². The molecule has 186 valence electrons. The number of anilines is 3. The van der Waals surface area contributed by atoms with E-state index in [1.807, 2.05) is 36.4 Å². The van der Waals surface area contributed by atoms with Crippen LogP contribution in [-0.4, -0.2) is 41.3 Å². The minimum absolute atomic E-state index is 0.0464. The number of nitrogens with zero attached hydrogens (tertiary/aromatic N) is 3. The molecule has 7 nitrogen and oxygen atoms in total. The number of halogens is 1. The molecule has 36 heavy (non-hydrogen) atoms. The average molecular weight is 488 g/mol. The topological polar surface area (TPSA) is 71.5 Å². The van der Waals surface area contributed by atoms with Gasteiger partial charge in [-0.3, -0.25) is 4.90 Å². The molecule has 1 fully saturated rings. The first kappa shape index (κ1) is 23.8. The first-order valence-electron chi connectivity index (χ1n) is 12.2. The van der Waals surface area contributed by atoms with Crippen molar-refractivity contribution >= 4 is 28.1 Å². The molecule has 0 bridgehead atoms. The van der Waals surface area contributed by atoms with Crippen molar-refractivity contribution < 1.29 is 13.9 Å². The van der Waals surface area contributed by atoms with Crippen molar-refractivity contribution in [1.29, 1.82) is 0 Å². The van der Waals surface area contributed by atoms with E-state index < -0.39 is 0 Å². The predicted octanol–water partition coefficient (Wildman–Crippen LogP) is 5.95. The number of aromatic nitrogens is 2. The van der Waals surface area contributed by atoms with Crippen LogP contribution in [0.2, 0.25) is 0 Å². The van der Waals surface area contributed by atoms with E-state index in [1.54, 1.807) is 19.2 Å². The second kappa shape index (κ2) is 10.8. The SMILES string of the molecule is COc1cc2ncnc(Nc3ccc(NCc4ccc(F)cc4)cc3)c2cc1OC(C)N1CCCC1. The van der Waals surface area contributed by atoms with Crippen LogP contribution in [0.4, 0.5) is 21.6 Å². The number of benzene rings is 3. The first-order valence-corrected chi connectivity index (χ1v) is 12.2. The first-order chi connectivity index (χ1) is 17.6. The Kier molecular flexibility index (Phi) is 7.13. The highest BCUT2D eigenvalue weighted by molar-refractivity contribution is 5.93. The van der Waals surface area contributed by atoms with Crippen molar-refractivity contribution in [3.8, 4) is 11.5 Å². The molecule has 0 spiro atoms. The molecular formula is C28H30FN5O2. The van der Waals surface area contributed by atoms with Gasteiger partial charge in [0, 0.05) is 42.5 Å². The second-order valence-electron chi connectivity index (χ2n) is 8.89. The zero-order valence-corrected chi connectivity index (χ0v) is 20.5. The summed E-state index contributed by atoms with van der Waals surface area (Å²) in [6.07, 6.45) is 3.89. The van der Waals surface area contributed by atoms with Gasteiger partial charge in [-0.2, -0.15) is 0 Å². The molecule has 1 saturated heterocycles. The monoisotopic (exact) mass is 487 g/mol. The fraction of sp³-hybridized carbons (Fsp3) is 0.286. The van der Waals surface area contributed by atoms with Gasteiger partial charge in [-0.15, -0.1) is 0 Å². The molecule has 1 aromatic heterocycles. The largest absolute Gasteiger partial charge is 0.493 e. The van der Waals surface area contributed by atoms with Crippen LogP contribution in [0.25, 0.3) is 10.9 Å². The fourth-order valence-corrected chi connectivity index (χ4v) is 4.39. The van der Waals surface area contributed by atoms with Gasteiger partial charge >= 0.3 is 0 Å². The number of methoxy groups -OCH3 is 1. The van der Waals surface area contributed by atoms with Gasteiger partial charge in [0.15, 0.2) is 11.5 Å². The lowest BCUT2D eigenvalue weighted by molar-refractivity contribution is 0.0569. The highest BCUT2D eigenvalue weighted by atomic mass is 19.1. The van der Waals surface area contributed by atoms with Crippen LogP contribution in [0.15, 0.2) is 67.0 Å². The Morgan fingerprint density at radius 1 is 0.944 bits per heavy atom. The quantitative estimate of drug-likeness (QED) is 0.302. The van der Waals surface area contributed by atoms with Gasteiger partial charge in [-0.1, -0.05) is 12.1 Å². The number of hydrogen-bond acceptors (Lipinski definition) is 7. The number of likely N-dealkylation sites (tertiary alicyclic amines) is 1. The molecule has 8 heteroatoms. The zero-order chi connectivity index (χ0) is 24.9. The van der Waals surface area contributed by atoms with Crippen molar-refractivity contribution in [1.82, 2.24) is 14.9 Å². The van der Waals surface area contributed by atoms with Crippen molar-refractivity contribution in [3.63, 3.8) is 0 Å². The standard InChI is InChI=1S/C28H30FN5O2/c1-19(34-13-3-4-14-34)36-27-15-24-25(16-26(27)35-2)31-18-32-28(24)33-23-11-9-22(10-12-23)30-17-20-5-7-21(29)8-6-20/h5-12,15-16,18-19,30H,3-4,13-14,17H2,1-2H3,(H,31,32,33). The molecule has 0 amide bonds. The zero-order valence-electron chi connectivity index (χ0n) is 20.5. The van der Waals surface area contributed by atoms with Crippen molar-refractivity contribution in [2.75, 3.05) is 30.8 Å². The minimum atomic E-state index is -0.232. The highest BCUT2D eigenvalue weighted by Gasteiger charge is 2.21. The van der Waals surface area contributed by atoms with E-state index in [2.05, 4.69) is 32.4 Å². The number of nitrogens with one attached hydrogen (secondary N) is 2. The highest BCUT2D eigenvalue weighted by Crippen LogP contribution is 2.36. The number of fused-ring (bicyclic) bond motifs is 1. The normalized spacial score (nSPS) is 14.5. The summed E-state index contributed by atoms with van der Waals surface area (Å²) in [6.45, 7) is 4.77. The molecule has 3 aromatic carbocycles.